The average molecular weight is 243 g/mol. The maximum atomic E-state index is 12.1. The largest absolute Gasteiger partial charge is 0.408 e. The summed E-state index contributed by atoms with van der Waals surface area (Å²) in [4.78, 5) is 0. The quantitative estimate of drug-likeness (QED) is 0.754. The van der Waals surface area contributed by atoms with Gasteiger partial charge in [0.25, 0.3) is 0 Å². The molecule has 1 aromatic heterocycles. The van der Waals surface area contributed by atoms with Crippen molar-refractivity contribution < 1.29 is 13.2 Å². The topological polar surface area (TPSA) is 17.8 Å². The van der Waals surface area contributed by atoms with Crippen LogP contribution in [-0.4, -0.2) is 16.0 Å². The third-order valence-corrected chi connectivity index (χ3v) is 3.27. The molecule has 1 aliphatic rings. The number of nitrogens with zero attached hydrogens (tertiary/aromatic N) is 2. The van der Waals surface area contributed by atoms with Crippen LogP contribution in [0.5, 0.6) is 0 Å². The Labute approximate surface area is 87.4 Å². The molecule has 0 spiro atoms. The van der Waals surface area contributed by atoms with E-state index in [0.717, 1.165) is 10.2 Å². The van der Waals surface area contributed by atoms with Crippen molar-refractivity contribution >= 4 is 23.4 Å². The number of rotatable bonds is 1. The van der Waals surface area contributed by atoms with Gasteiger partial charge in [0.15, 0.2) is 0 Å². The molecule has 0 atom stereocenters. The van der Waals surface area contributed by atoms with Gasteiger partial charge in [-0.2, -0.15) is 30.0 Å². The van der Waals surface area contributed by atoms with Crippen molar-refractivity contribution in [3.05, 3.63) is 16.4 Å². The minimum atomic E-state index is -4.27. The van der Waals surface area contributed by atoms with Crippen molar-refractivity contribution in [3.8, 4) is 0 Å². The zero-order valence-electron chi connectivity index (χ0n) is 6.94. The summed E-state index contributed by atoms with van der Waals surface area (Å²) >= 11 is 7.37. The van der Waals surface area contributed by atoms with Gasteiger partial charge in [0.2, 0.25) is 0 Å². The van der Waals surface area contributed by atoms with E-state index in [1.807, 2.05) is 0 Å². The van der Waals surface area contributed by atoms with Crippen molar-refractivity contribution in [1.29, 1.82) is 0 Å². The van der Waals surface area contributed by atoms with Gasteiger partial charge in [0.05, 0.1) is 5.69 Å². The van der Waals surface area contributed by atoms with Crippen LogP contribution in [0.3, 0.4) is 0 Å². The minimum absolute atomic E-state index is 0.127. The summed E-state index contributed by atoms with van der Waals surface area (Å²) in [5.74, 6) is 1.31. The van der Waals surface area contributed by atoms with Crippen LogP contribution >= 0.6 is 23.4 Å². The number of fused-ring (bicyclic) bond motifs is 1. The van der Waals surface area contributed by atoms with Gasteiger partial charge in [-0.25, -0.2) is 4.68 Å². The third kappa shape index (κ3) is 1.86. The molecule has 2 rings (SSSR count). The lowest BCUT2D eigenvalue weighted by Crippen LogP contribution is -2.19. The lowest BCUT2D eigenvalue weighted by molar-refractivity contribution is -0.142. The number of hydrogen-bond acceptors (Lipinski definition) is 2. The van der Waals surface area contributed by atoms with E-state index in [4.69, 9.17) is 11.6 Å². The summed E-state index contributed by atoms with van der Waals surface area (Å²) in [7, 11) is 0. The lowest BCUT2D eigenvalue weighted by atomic mass is 10.3. The molecule has 0 aliphatic carbocycles. The highest BCUT2D eigenvalue weighted by Gasteiger charge is 2.31. The van der Waals surface area contributed by atoms with Gasteiger partial charge in [-0.05, 0) is 0 Å². The molecule has 0 bridgehead atoms. The summed E-state index contributed by atoms with van der Waals surface area (Å²) < 4.78 is 37.0. The first-order valence-corrected chi connectivity index (χ1v) is 5.39. The first kappa shape index (κ1) is 10.2. The maximum absolute atomic E-state index is 12.1. The Hall–Kier alpha value is -0.360. The van der Waals surface area contributed by atoms with Crippen molar-refractivity contribution in [1.82, 2.24) is 9.78 Å². The van der Waals surface area contributed by atoms with E-state index in [1.54, 1.807) is 11.8 Å². The molecule has 0 aromatic carbocycles. The first-order chi connectivity index (χ1) is 6.47. The van der Waals surface area contributed by atoms with E-state index < -0.39 is 12.7 Å². The van der Waals surface area contributed by atoms with Gasteiger partial charge >= 0.3 is 6.18 Å². The molecule has 2 heterocycles. The number of aromatic nitrogens is 2. The highest BCUT2D eigenvalue weighted by atomic mass is 35.5. The molecule has 1 aliphatic heterocycles. The molecule has 2 nitrogen and oxygen atoms in total. The predicted molar refractivity (Wildman–Crippen MR) is 48.3 cm³/mol. The molecule has 78 valence electrons. The van der Waals surface area contributed by atoms with Crippen LogP contribution in [0.15, 0.2) is 0 Å². The van der Waals surface area contributed by atoms with Crippen LogP contribution < -0.4 is 0 Å². The summed E-state index contributed by atoms with van der Waals surface area (Å²) in [6.45, 7) is -1.11. The van der Waals surface area contributed by atoms with Crippen LogP contribution in [-0.2, 0) is 18.1 Å². The molecular formula is C7H6ClF3N2S. The van der Waals surface area contributed by atoms with E-state index in [0.29, 0.717) is 17.2 Å². The minimum Gasteiger partial charge on any atom is -0.244 e. The molecule has 14 heavy (non-hydrogen) atoms. The van der Waals surface area contributed by atoms with Gasteiger partial charge in [0.1, 0.15) is 11.7 Å². The van der Waals surface area contributed by atoms with E-state index in [1.165, 1.54) is 0 Å². The Kier molecular flexibility index (Phi) is 2.43. The van der Waals surface area contributed by atoms with E-state index in [-0.39, 0.29) is 5.15 Å². The molecule has 0 fully saturated rings. The number of hydrogen-bond donors (Lipinski definition) is 0. The van der Waals surface area contributed by atoms with E-state index in [2.05, 4.69) is 5.10 Å². The smallest absolute Gasteiger partial charge is 0.244 e. The van der Waals surface area contributed by atoms with E-state index >= 15 is 0 Å². The lowest BCUT2D eigenvalue weighted by Gasteiger charge is -2.07. The van der Waals surface area contributed by atoms with Crippen LogP contribution in [0.4, 0.5) is 13.2 Å². The predicted octanol–water partition coefficient (Wildman–Crippen LogP) is 2.85. The van der Waals surface area contributed by atoms with Gasteiger partial charge in [-0.1, -0.05) is 11.6 Å². The van der Waals surface area contributed by atoms with Crippen LogP contribution in [0.1, 0.15) is 11.3 Å². The highest BCUT2D eigenvalue weighted by Crippen LogP contribution is 2.35. The maximum Gasteiger partial charge on any atom is 0.408 e. The molecule has 7 heteroatoms. The normalized spacial score (nSPS) is 16.0. The second kappa shape index (κ2) is 3.34. The van der Waals surface area contributed by atoms with Crippen molar-refractivity contribution in [2.75, 3.05) is 0 Å². The number of halogens is 4. The summed E-state index contributed by atoms with van der Waals surface area (Å²) in [5, 5.41) is 3.95. The number of thioether (sulfide) groups is 1. The standard InChI is InChI=1S/C7H6ClF3N2S/c8-6-4-1-14-2-5(4)12-13(6)3-7(9,10)11/h1-3H2. The van der Waals surface area contributed by atoms with Gasteiger partial charge < -0.3 is 0 Å². The second-order valence-corrected chi connectivity index (χ2v) is 4.33. The van der Waals surface area contributed by atoms with E-state index in [9.17, 15) is 13.2 Å². The Morgan fingerprint density at radius 2 is 2.14 bits per heavy atom. The van der Waals surface area contributed by atoms with Crippen molar-refractivity contribution in [2.45, 2.75) is 24.2 Å². The molecule has 0 radical (unpaired) electrons. The third-order valence-electron chi connectivity index (χ3n) is 1.88. The molecule has 0 saturated carbocycles. The van der Waals surface area contributed by atoms with Crippen LogP contribution in [0.25, 0.3) is 0 Å². The average Bonchev–Trinajstić information content (AvgIpc) is 2.55. The van der Waals surface area contributed by atoms with Crippen LogP contribution in [0, 0.1) is 0 Å². The van der Waals surface area contributed by atoms with Crippen molar-refractivity contribution in [3.63, 3.8) is 0 Å². The Bertz CT molecular complexity index is 361. The zero-order chi connectivity index (χ0) is 10.3. The fourth-order valence-corrected chi connectivity index (χ4v) is 2.70. The SMILES string of the molecule is FC(F)(F)Cn1nc2c(c1Cl)CSC2. The van der Waals surface area contributed by atoms with Crippen LogP contribution in [0.2, 0.25) is 5.15 Å². The molecular weight excluding hydrogens is 237 g/mol. The fraction of sp³-hybridized carbons (Fsp3) is 0.571. The molecule has 1 aromatic rings. The zero-order valence-corrected chi connectivity index (χ0v) is 8.51. The Morgan fingerprint density at radius 1 is 1.43 bits per heavy atom. The molecule has 0 unspecified atom stereocenters. The molecule has 0 N–H and O–H groups in total. The first-order valence-electron chi connectivity index (χ1n) is 3.86. The highest BCUT2D eigenvalue weighted by molar-refractivity contribution is 7.98. The monoisotopic (exact) mass is 242 g/mol. The number of alkyl halides is 3. The molecule has 0 amide bonds. The fourth-order valence-electron chi connectivity index (χ4n) is 1.31. The Balaban J connectivity index is 2.28. The Morgan fingerprint density at radius 3 is 2.71 bits per heavy atom. The van der Waals surface area contributed by atoms with Gasteiger partial charge in [-0.15, -0.1) is 0 Å². The second-order valence-electron chi connectivity index (χ2n) is 2.98. The van der Waals surface area contributed by atoms with Gasteiger partial charge in [0, 0.05) is 17.1 Å². The van der Waals surface area contributed by atoms with Crippen molar-refractivity contribution in [2.24, 2.45) is 0 Å². The van der Waals surface area contributed by atoms with Gasteiger partial charge in [-0.3, -0.25) is 0 Å². The summed E-state index contributed by atoms with van der Waals surface area (Å²) in [6.07, 6.45) is -4.27. The summed E-state index contributed by atoms with van der Waals surface area (Å²) in [5.41, 5.74) is 1.44. The molecule has 0 saturated heterocycles. The summed E-state index contributed by atoms with van der Waals surface area (Å²) in [6, 6.07) is 0.